The van der Waals surface area contributed by atoms with Crippen LogP contribution in [0.1, 0.15) is 55.4 Å². The van der Waals surface area contributed by atoms with Gasteiger partial charge in [-0.15, -0.1) is 0 Å². The van der Waals surface area contributed by atoms with Gasteiger partial charge in [0.1, 0.15) is 11.6 Å². The molecule has 0 saturated carbocycles. The molecule has 0 spiro atoms. The van der Waals surface area contributed by atoms with Gasteiger partial charge >= 0.3 is 12.1 Å². The maximum Gasteiger partial charge on any atom is 0.411 e. The van der Waals surface area contributed by atoms with Gasteiger partial charge in [-0.1, -0.05) is 12.1 Å². The number of carbonyl (C=O) groups excluding carboxylic acids is 1. The number of hydrogen-bond donors (Lipinski definition) is 1. The lowest BCUT2D eigenvalue weighted by Crippen LogP contribution is -2.45. The summed E-state index contributed by atoms with van der Waals surface area (Å²) in [7, 11) is 0. The second kappa shape index (κ2) is 6.46. The molecule has 1 saturated heterocycles. The minimum atomic E-state index is -0.985. The molecule has 0 radical (unpaired) electrons. The van der Waals surface area contributed by atoms with Crippen molar-refractivity contribution in [1.82, 2.24) is 4.90 Å². The van der Waals surface area contributed by atoms with E-state index in [0.29, 0.717) is 13.0 Å². The molecule has 0 unspecified atom stereocenters. The summed E-state index contributed by atoms with van der Waals surface area (Å²) in [6.45, 7) is 11.8. The summed E-state index contributed by atoms with van der Waals surface area (Å²) in [5.41, 5.74) is 3.76. The molecule has 1 aliphatic heterocycles. The molecule has 2 rings (SSSR count). The highest BCUT2D eigenvalue weighted by atomic mass is 16.6. The first-order valence-corrected chi connectivity index (χ1v) is 8.31. The fourth-order valence-electron chi connectivity index (χ4n) is 3.33. The molecule has 1 fully saturated rings. The number of aliphatic carboxylic acids is 1. The first kappa shape index (κ1) is 18.3. The zero-order valence-electron chi connectivity index (χ0n) is 15.3. The molecule has 1 aromatic carbocycles. The number of aryl methyl sites for hydroxylation is 3. The summed E-state index contributed by atoms with van der Waals surface area (Å²) in [5.74, 6) is -1.20. The smallest absolute Gasteiger partial charge is 0.411 e. The van der Waals surface area contributed by atoms with E-state index < -0.39 is 23.7 Å². The maximum absolute atomic E-state index is 12.4. The van der Waals surface area contributed by atoms with E-state index in [1.807, 2.05) is 20.8 Å². The number of amides is 1. The average Bonchev–Trinajstić information content (AvgIpc) is 2.85. The monoisotopic (exact) mass is 333 g/mol. The van der Waals surface area contributed by atoms with Crippen LogP contribution < -0.4 is 0 Å². The Bertz CT molecular complexity index is 660. The van der Waals surface area contributed by atoms with E-state index in [-0.39, 0.29) is 5.92 Å². The van der Waals surface area contributed by atoms with Crippen molar-refractivity contribution in [3.05, 3.63) is 34.4 Å². The van der Waals surface area contributed by atoms with Crippen molar-refractivity contribution in [1.29, 1.82) is 0 Å². The Balaban J connectivity index is 2.35. The number of rotatable bonds is 2. The largest absolute Gasteiger partial charge is 0.480 e. The van der Waals surface area contributed by atoms with E-state index in [0.717, 1.165) is 16.7 Å². The molecule has 1 N–H and O–H groups in total. The standard InChI is InChI=1S/C19H27NO4/c1-11-9-13(3)15(10-12(11)2)14-7-8-20(16(14)17(21)22)18(23)24-19(4,5)6/h9-10,14,16H,7-8H2,1-6H3,(H,21,22)/t14-,16-/m1/s1. The van der Waals surface area contributed by atoms with Gasteiger partial charge in [0.15, 0.2) is 0 Å². The van der Waals surface area contributed by atoms with E-state index in [2.05, 4.69) is 12.1 Å². The SMILES string of the molecule is Cc1cc(C)c([C@H]2CCN(C(=O)OC(C)(C)C)[C@H]2C(=O)O)cc1C. The molecule has 5 nitrogen and oxygen atoms in total. The summed E-state index contributed by atoms with van der Waals surface area (Å²) in [6, 6.07) is 3.25. The number of carboxylic acids is 1. The lowest BCUT2D eigenvalue weighted by atomic mass is 9.86. The zero-order valence-corrected chi connectivity index (χ0v) is 15.3. The fraction of sp³-hybridized carbons (Fsp3) is 0.579. The van der Waals surface area contributed by atoms with Crippen LogP contribution in [0, 0.1) is 20.8 Å². The summed E-state index contributed by atoms with van der Waals surface area (Å²) in [4.78, 5) is 25.6. The van der Waals surface area contributed by atoms with Gasteiger partial charge in [0.2, 0.25) is 0 Å². The minimum Gasteiger partial charge on any atom is -0.480 e. The van der Waals surface area contributed by atoms with E-state index in [4.69, 9.17) is 4.74 Å². The first-order valence-electron chi connectivity index (χ1n) is 8.31. The van der Waals surface area contributed by atoms with Crippen LogP contribution in [0.25, 0.3) is 0 Å². The number of benzene rings is 1. The highest BCUT2D eigenvalue weighted by Crippen LogP contribution is 2.37. The molecular formula is C19H27NO4. The van der Waals surface area contributed by atoms with E-state index in [1.165, 1.54) is 10.5 Å². The summed E-state index contributed by atoms with van der Waals surface area (Å²) >= 11 is 0. The molecule has 24 heavy (non-hydrogen) atoms. The Morgan fingerprint density at radius 1 is 1.12 bits per heavy atom. The van der Waals surface area contributed by atoms with Crippen molar-refractivity contribution in [3.8, 4) is 0 Å². The van der Waals surface area contributed by atoms with Gasteiger partial charge in [-0.3, -0.25) is 4.90 Å². The Morgan fingerprint density at radius 3 is 2.25 bits per heavy atom. The van der Waals surface area contributed by atoms with Gasteiger partial charge in [0.05, 0.1) is 0 Å². The van der Waals surface area contributed by atoms with Gasteiger partial charge in [0.25, 0.3) is 0 Å². The van der Waals surface area contributed by atoms with Gasteiger partial charge in [-0.05, 0) is 70.2 Å². The van der Waals surface area contributed by atoms with E-state index >= 15 is 0 Å². The molecule has 5 heteroatoms. The second-order valence-corrected chi connectivity index (χ2v) is 7.65. The lowest BCUT2D eigenvalue weighted by Gasteiger charge is -2.29. The zero-order chi connectivity index (χ0) is 18.2. The van der Waals surface area contributed by atoms with Crippen molar-refractivity contribution in [2.45, 2.75) is 65.5 Å². The van der Waals surface area contributed by atoms with Crippen LogP contribution in [-0.2, 0) is 9.53 Å². The molecular weight excluding hydrogens is 306 g/mol. The van der Waals surface area contributed by atoms with E-state index in [1.54, 1.807) is 20.8 Å². The number of nitrogens with zero attached hydrogens (tertiary/aromatic N) is 1. The van der Waals surface area contributed by atoms with Gasteiger partial charge in [0, 0.05) is 12.5 Å². The number of hydrogen-bond acceptors (Lipinski definition) is 3. The maximum atomic E-state index is 12.4. The summed E-state index contributed by atoms with van der Waals surface area (Å²) < 4.78 is 5.38. The predicted molar refractivity (Wildman–Crippen MR) is 92.4 cm³/mol. The number of carboxylic acid groups (broad SMARTS) is 1. The Morgan fingerprint density at radius 2 is 1.71 bits per heavy atom. The highest BCUT2D eigenvalue weighted by Gasteiger charge is 2.44. The van der Waals surface area contributed by atoms with Crippen LogP contribution in [0.2, 0.25) is 0 Å². The molecule has 0 aliphatic carbocycles. The third kappa shape index (κ3) is 3.71. The quantitative estimate of drug-likeness (QED) is 0.894. The molecule has 132 valence electrons. The molecule has 1 amide bonds. The average molecular weight is 333 g/mol. The van der Waals surface area contributed by atoms with Crippen LogP contribution in [0.5, 0.6) is 0 Å². The van der Waals surface area contributed by atoms with Crippen molar-refractivity contribution >= 4 is 12.1 Å². The van der Waals surface area contributed by atoms with Crippen molar-refractivity contribution in [2.24, 2.45) is 0 Å². The number of ether oxygens (including phenoxy) is 1. The third-order valence-corrected chi connectivity index (χ3v) is 4.56. The third-order valence-electron chi connectivity index (χ3n) is 4.56. The van der Waals surface area contributed by atoms with Crippen LogP contribution >= 0.6 is 0 Å². The summed E-state index contributed by atoms with van der Waals surface area (Å²) in [5, 5.41) is 9.73. The molecule has 0 bridgehead atoms. The molecule has 0 aromatic heterocycles. The molecule has 1 heterocycles. The minimum absolute atomic E-state index is 0.214. The topological polar surface area (TPSA) is 66.8 Å². The number of carbonyl (C=O) groups is 2. The fourth-order valence-corrected chi connectivity index (χ4v) is 3.33. The van der Waals surface area contributed by atoms with Crippen molar-refractivity contribution in [3.63, 3.8) is 0 Å². The van der Waals surface area contributed by atoms with Crippen molar-refractivity contribution in [2.75, 3.05) is 6.54 Å². The van der Waals surface area contributed by atoms with Gasteiger partial charge < -0.3 is 9.84 Å². The van der Waals surface area contributed by atoms with Crippen molar-refractivity contribution < 1.29 is 19.4 Å². The summed E-state index contributed by atoms with van der Waals surface area (Å²) in [6.07, 6.45) is 0.0680. The molecule has 1 aliphatic rings. The second-order valence-electron chi connectivity index (χ2n) is 7.65. The first-order chi connectivity index (χ1) is 11.0. The predicted octanol–water partition coefficient (Wildman–Crippen LogP) is 3.79. The highest BCUT2D eigenvalue weighted by molar-refractivity contribution is 5.82. The Labute approximate surface area is 143 Å². The van der Waals surface area contributed by atoms with Crippen LogP contribution in [0.3, 0.4) is 0 Å². The number of likely N-dealkylation sites (tertiary alicyclic amines) is 1. The molecule has 2 atom stereocenters. The Kier molecular flexibility index (Phi) is 4.92. The van der Waals surface area contributed by atoms with E-state index in [9.17, 15) is 14.7 Å². The normalized spacial score (nSPS) is 21.0. The Hall–Kier alpha value is -2.04. The van der Waals surface area contributed by atoms with Gasteiger partial charge in [-0.25, -0.2) is 9.59 Å². The lowest BCUT2D eigenvalue weighted by molar-refractivity contribution is -0.142. The van der Waals surface area contributed by atoms with Crippen LogP contribution in [0.4, 0.5) is 4.79 Å². The van der Waals surface area contributed by atoms with Crippen LogP contribution in [-0.4, -0.2) is 40.3 Å². The molecule has 1 aromatic rings. The van der Waals surface area contributed by atoms with Crippen LogP contribution in [0.15, 0.2) is 12.1 Å². The van der Waals surface area contributed by atoms with Gasteiger partial charge in [-0.2, -0.15) is 0 Å².